The molecule has 1 aliphatic carbocycles. The van der Waals surface area contributed by atoms with E-state index in [2.05, 4.69) is 10.6 Å². The van der Waals surface area contributed by atoms with Crippen LogP contribution in [0, 0.1) is 0 Å². The molecule has 4 rings (SSSR count). The van der Waals surface area contributed by atoms with Crippen molar-refractivity contribution >= 4 is 44.4 Å². The van der Waals surface area contributed by atoms with E-state index in [1.165, 1.54) is 13.0 Å². The molecule has 2 N–H and O–H groups in total. The molecule has 0 aromatic heterocycles. The third-order valence-corrected chi connectivity index (χ3v) is 7.36. The average molecular weight is 445 g/mol. The molecule has 2 aromatic carbocycles. The van der Waals surface area contributed by atoms with Crippen LogP contribution >= 0.6 is 0 Å². The van der Waals surface area contributed by atoms with Crippen molar-refractivity contribution in [2.75, 3.05) is 10.8 Å². The molecular weight excluding hydrogens is 422 g/mol. The predicted molar refractivity (Wildman–Crippen MR) is 113 cm³/mol. The summed E-state index contributed by atoms with van der Waals surface area (Å²) >= 11 is 0. The zero-order chi connectivity index (χ0) is 22.2. The van der Waals surface area contributed by atoms with Gasteiger partial charge < -0.3 is 10.1 Å². The van der Waals surface area contributed by atoms with Gasteiger partial charge in [-0.3, -0.25) is 19.2 Å². The van der Waals surface area contributed by atoms with Crippen LogP contribution in [0.2, 0.25) is 0 Å². The first-order chi connectivity index (χ1) is 14.8. The Morgan fingerprint density at radius 2 is 1.81 bits per heavy atom. The van der Waals surface area contributed by atoms with Gasteiger partial charge in [0.25, 0.3) is 15.9 Å². The molecule has 1 fully saturated rings. The molecule has 0 saturated heterocycles. The maximum Gasteiger partial charge on any atom is 0.327 e. The number of imide groups is 1. The smallest absolute Gasteiger partial charge is 0.327 e. The number of amides is 3. The van der Waals surface area contributed by atoms with Crippen LogP contribution in [0.5, 0.6) is 0 Å². The molecule has 0 radical (unpaired) electrons. The van der Waals surface area contributed by atoms with E-state index < -0.39 is 40.6 Å². The summed E-state index contributed by atoms with van der Waals surface area (Å²) in [5, 5.41) is 6.16. The lowest BCUT2D eigenvalue weighted by Gasteiger charge is -2.20. The van der Waals surface area contributed by atoms with Crippen LogP contribution in [0.3, 0.4) is 0 Å². The molecule has 2 aliphatic rings. The second kappa shape index (κ2) is 8.18. The molecule has 0 bridgehead atoms. The third-order valence-electron chi connectivity index (χ3n) is 5.56. The number of sulfonamides is 1. The number of anilines is 1. The Labute approximate surface area is 179 Å². The molecule has 9 nitrogen and oxygen atoms in total. The predicted octanol–water partition coefficient (Wildman–Crippen LogP) is 2.05. The SMILES string of the molecule is CC(OC(=O)CN1c2cccc3cccc(c23)S1(=O)=O)C(=O)NC(=O)NC1CCCC1. The van der Waals surface area contributed by atoms with E-state index >= 15 is 0 Å². The van der Waals surface area contributed by atoms with E-state index in [9.17, 15) is 22.8 Å². The van der Waals surface area contributed by atoms with Gasteiger partial charge in [-0.1, -0.05) is 37.1 Å². The fourth-order valence-electron chi connectivity index (χ4n) is 4.04. The molecule has 1 unspecified atom stereocenters. The first-order valence-corrected chi connectivity index (χ1v) is 11.6. The number of carbonyl (C=O) groups excluding carboxylic acids is 3. The number of ether oxygens (including phenoxy) is 1. The monoisotopic (exact) mass is 445 g/mol. The van der Waals surface area contributed by atoms with Gasteiger partial charge in [0, 0.05) is 11.4 Å². The van der Waals surface area contributed by atoms with Gasteiger partial charge in [0.05, 0.1) is 10.6 Å². The number of nitrogens with zero attached hydrogens (tertiary/aromatic N) is 1. The molecule has 10 heteroatoms. The van der Waals surface area contributed by atoms with Gasteiger partial charge >= 0.3 is 12.0 Å². The number of hydrogen-bond acceptors (Lipinski definition) is 6. The standard InChI is InChI=1S/C21H23N3O6S/c1-13(20(26)23-21(27)22-15-8-2-3-9-15)30-18(25)12-24-16-10-4-6-14-7-5-11-17(19(14)16)31(24,28)29/h4-7,10-11,13,15H,2-3,8-9,12H2,1H3,(H2,22,23,26,27). The number of hydrogen-bond donors (Lipinski definition) is 2. The molecule has 1 aliphatic heterocycles. The van der Waals surface area contributed by atoms with Gasteiger partial charge in [-0.2, -0.15) is 0 Å². The van der Waals surface area contributed by atoms with E-state index in [4.69, 9.17) is 4.74 Å². The Hall–Kier alpha value is -3.14. The van der Waals surface area contributed by atoms with Gasteiger partial charge in [-0.25, -0.2) is 13.2 Å². The van der Waals surface area contributed by atoms with Crippen molar-refractivity contribution in [3.05, 3.63) is 36.4 Å². The quantitative estimate of drug-likeness (QED) is 0.680. The van der Waals surface area contributed by atoms with Crippen molar-refractivity contribution in [2.24, 2.45) is 0 Å². The van der Waals surface area contributed by atoms with E-state index in [0.717, 1.165) is 35.4 Å². The third kappa shape index (κ3) is 4.07. The van der Waals surface area contributed by atoms with Crippen LogP contribution in [0.15, 0.2) is 41.3 Å². The van der Waals surface area contributed by atoms with Crippen LogP contribution in [0.4, 0.5) is 10.5 Å². The van der Waals surface area contributed by atoms with Crippen molar-refractivity contribution in [3.63, 3.8) is 0 Å². The number of urea groups is 1. The van der Waals surface area contributed by atoms with E-state index in [0.29, 0.717) is 11.1 Å². The Morgan fingerprint density at radius 3 is 2.52 bits per heavy atom. The summed E-state index contributed by atoms with van der Waals surface area (Å²) in [7, 11) is -3.91. The summed E-state index contributed by atoms with van der Waals surface area (Å²) in [5.41, 5.74) is 0.387. The van der Waals surface area contributed by atoms with Crippen molar-refractivity contribution < 1.29 is 27.5 Å². The summed E-state index contributed by atoms with van der Waals surface area (Å²) in [4.78, 5) is 36.7. The van der Waals surface area contributed by atoms with Crippen LogP contribution in [0.1, 0.15) is 32.6 Å². The largest absolute Gasteiger partial charge is 0.451 e. The van der Waals surface area contributed by atoms with Gasteiger partial charge in [0.15, 0.2) is 6.10 Å². The molecule has 2 aromatic rings. The van der Waals surface area contributed by atoms with Crippen LogP contribution in [0.25, 0.3) is 10.8 Å². The fourth-order valence-corrected chi connectivity index (χ4v) is 5.69. The summed E-state index contributed by atoms with van der Waals surface area (Å²) in [6, 6.07) is 9.45. The first-order valence-electron chi connectivity index (χ1n) is 10.1. The maximum absolute atomic E-state index is 12.9. The number of benzene rings is 2. The molecule has 3 amide bonds. The lowest BCUT2D eigenvalue weighted by Crippen LogP contribution is -2.47. The minimum absolute atomic E-state index is 0.0374. The number of esters is 1. The van der Waals surface area contributed by atoms with Crippen molar-refractivity contribution in [2.45, 2.75) is 49.6 Å². The molecule has 1 atom stereocenters. The van der Waals surface area contributed by atoms with Gasteiger partial charge in [0.1, 0.15) is 6.54 Å². The molecule has 1 saturated carbocycles. The highest BCUT2D eigenvalue weighted by Crippen LogP contribution is 2.41. The number of carbonyl (C=O) groups is 3. The van der Waals surface area contributed by atoms with Crippen molar-refractivity contribution in [1.29, 1.82) is 0 Å². The minimum atomic E-state index is -3.91. The second-order valence-corrected chi connectivity index (χ2v) is 9.55. The fraction of sp³-hybridized carbons (Fsp3) is 0.381. The van der Waals surface area contributed by atoms with Crippen LogP contribution in [-0.4, -0.2) is 45.0 Å². The molecular formula is C21H23N3O6S. The van der Waals surface area contributed by atoms with Gasteiger partial charge in [0.2, 0.25) is 0 Å². The molecule has 164 valence electrons. The molecule has 31 heavy (non-hydrogen) atoms. The minimum Gasteiger partial charge on any atom is -0.451 e. The summed E-state index contributed by atoms with van der Waals surface area (Å²) in [5.74, 6) is -1.68. The van der Waals surface area contributed by atoms with Crippen molar-refractivity contribution in [1.82, 2.24) is 10.6 Å². The van der Waals surface area contributed by atoms with Gasteiger partial charge in [-0.15, -0.1) is 0 Å². The maximum atomic E-state index is 12.9. The van der Waals surface area contributed by atoms with E-state index in [-0.39, 0.29) is 10.9 Å². The normalized spacial score (nSPS) is 18.0. The Morgan fingerprint density at radius 1 is 1.13 bits per heavy atom. The highest BCUT2D eigenvalue weighted by molar-refractivity contribution is 7.93. The first kappa shape index (κ1) is 21.1. The lowest BCUT2D eigenvalue weighted by atomic mass is 10.1. The number of rotatable bonds is 5. The highest BCUT2D eigenvalue weighted by atomic mass is 32.2. The summed E-state index contributed by atoms with van der Waals surface area (Å²) < 4.78 is 31.9. The Kier molecular flexibility index (Phi) is 5.57. The van der Waals surface area contributed by atoms with Crippen molar-refractivity contribution in [3.8, 4) is 0 Å². The molecule has 0 spiro atoms. The summed E-state index contributed by atoms with van der Waals surface area (Å²) in [6.45, 7) is 0.742. The summed E-state index contributed by atoms with van der Waals surface area (Å²) in [6.07, 6.45) is 2.54. The van der Waals surface area contributed by atoms with E-state index in [1.807, 2.05) is 0 Å². The zero-order valence-corrected chi connectivity index (χ0v) is 17.8. The van der Waals surface area contributed by atoms with E-state index in [1.54, 1.807) is 30.3 Å². The highest BCUT2D eigenvalue weighted by Gasteiger charge is 2.37. The molecule has 1 heterocycles. The van der Waals surface area contributed by atoms with Crippen LogP contribution < -0.4 is 14.9 Å². The number of nitrogens with one attached hydrogen (secondary N) is 2. The lowest BCUT2D eigenvalue weighted by molar-refractivity contribution is -0.152. The zero-order valence-electron chi connectivity index (χ0n) is 17.0. The Balaban J connectivity index is 1.39. The second-order valence-electron chi connectivity index (χ2n) is 7.72. The van der Waals surface area contributed by atoms with Gasteiger partial charge in [-0.05, 0) is 37.3 Å². The average Bonchev–Trinajstić information content (AvgIpc) is 3.30. The topological polar surface area (TPSA) is 122 Å². The Bertz CT molecular complexity index is 1150. The van der Waals surface area contributed by atoms with Crippen LogP contribution in [-0.2, 0) is 24.3 Å².